The highest BCUT2D eigenvalue weighted by Gasteiger charge is 2.20. The maximum atomic E-state index is 13.8. The van der Waals surface area contributed by atoms with E-state index in [1.165, 1.54) is 12.1 Å². The zero-order valence-corrected chi connectivity index (χ0v) is 11.6. The predicted molar refractivity (Wildman–Crippen MR) is 76.3 cm³/mol. The summed E-state index contributed by atoms with van der Waals surface area (Å²) in [5, 5.41) is 2.96. The van der Waals surface area contributed by atoms with Gasteiger partial charge < -0.3 is 16.0 Å². The molecule has 1 aromatic carbocycles. The summed E-state index contributed by atoms with van der Waals surface area (Å²) < 4.78 is 27.5. The first-order valence-electron chi connectivity index (χ1n) is 6.19. The Hall–Kier alpha value is -1.27. The van der Waals surface area contributed by atoms with E-state index >= 15 is 0 Å². The standard InChI is InChI=1S/C13H17F2N3S/c1-18-5-4-8(7-18)6-17-10-3-2-9(13(16)19)11(14)12(10)15/h2-3,8,17H,4-7H2,1H3,(H2,16,19). The van der Waals surface area contributed by atoms with Gasteiger partial charge in [-0.3, -0.25) is 0 Å². The third kappa shape index (κ3) is 3.19. The van der Waals surface area contributed by atoms with Crippen molar-refractivity contribution < 1.29 is 8.78 Å². The van der Waals surface area contributed by atoms with E-state index in [9.17, 15) is 8.78 Å². The van der Waals surface area contributed by atoms with E-state index in [0.717, 1.165) is 19.5 Å². The van der Waals surface area contributed by atoms with Crippen molar-refractivity contribution in [3.8, 4) is 0 Å². The van der Waals surface area contributed by atoms with Crippen LogP contribution in [0.15, 0.2) is 12.1 Å². The van der Waals surface area contributed by atoms with Crippen LogP contribution < -0.4 is 11.1 Å². The lowest BCUT2D eigenvalue weighted by molar-refractivity contribution is 0.399. The third-order valence-corrected chi connectivity index (χ3v) is 3.64. The van der Waals surface area contributed by atoms with Crippen molar-refractivity contribution in [2.75, 3.05) is 32.0 Å². The molecule has 0 aromatic heterocycles. The molecule has 0 amide bonds. The fourth-order valence-electron chi connectivity index (χ4n) is 2.32. The quantitative estimate of drug-likeness (QED) is 0.830. The van der Waals surface area contributed by atoms with Gasteiger partial charge in [-0.1, -0.05) is 12.2 Å². The van der Waals surface area contributed by atoms with Crippen LogP contribution in [0.2, 0.25) is 0 Å². The van der Waals surface area contributed by atoms with Gasteiger partial charge in [-0.25, -0.2) is 8.78 Å². The van der Waals surface area contributed by atoms with Crippen LogP contribution in [0.25, 0.3) is 0 Å². The summed E-state index contributed by atoms with van der Waals surface area (Å²) in [5.74, 6) is -1.44. The number of halogens is 2. The van der Waals surface area contributed by atoms with Gasteiger partial charge in [0.1, 0.15) is 4.99 Å². The maximum Gasteiger partial charge on any atom is 0.182 e. The maximum absolute atomic E-state index is 13.8. The first kappa shape index (κ1) is 14.1. The Morgan fingerprint density at radius 2 is 2.21 bits per heavy atom. The molecule has 2 rings (SSSR count). The molecule has 1 saturated heterocycles. The van der Waals surface area contributed by atoms with Crippen molar-refractivity contribution in [3.63, 3.8) is 0 Å². The van der Waals surface area contributed by atoms with Gasteiger partial charge in [-0.15, -0.1) is 0 Å². The Labute approximate surface area is 116 Å². The molecule has 1 aromatic rings. The summed E-state index contributed by atoms with van der Waals surface area (Å²) in [5.41, 5.74) is 5.42. The molecule has 3 N–H and O–H groups in total. The molecule has 0 aliphatic carbocycles. The lowest BCUT2D eigenvalue weighted by atomic mass is 10.1. The summed E-state index contributed by atoms with van der Waals surface area (Å²) in [4.78, 5) is 2.08. The van der Waals surface area contributed by atoms with Crippen LogP contribution in [-0.4, -0.2) is 36.6 Å². The molecule has 0 spiro atoms. The lowest BCUT2D eigenvalue weighted by Gasteiger charge is -2.14. The molecule has 1 heterocycles. The number of nitrogens with zero attached hydrogens (tertiary/aromatic N) is 1. The minimum atomic E-state index is -0.985. The minimum Gasteiger partial charge on any atom is -0.389 e. The van der Waals surface area contributed by atoms with Crippen LogP contribution in [0.3, 0.4) is 0 Å². The molecule has 1 aliphatic heterocycles. The summed E-state index contributed by atoms with van der Waals surface area (Å²) in [6.07, 6.45) is 1.07. The number of hydrogen-bond acceptors (Lipinski definition) is 3. The van der Waals surface area contributed by atoms with Gasteiger partial charge in [0.2, 0.25) is 0 Å². The monoisotopic (exact) mass is 285 g/mol. The Bertz CT molecular complexity index is 493. The van der Waals surface area contributed by atoms with Crippen LogP contribution in [0.4, 0.5) is 14.5 Å². The molecule has 1 atom stereocenters. The number of nitrogens with one attached hydrogen (secondary N) is 1. The van der Waals surface area contributed by atoms with Gasteiger partial charge >= 0.3 is 0 Å². The summed E-state index contributed by atoms with van der Waals surface area (Å²) in [6.45, 7) is 2.65. The van der Waals surface area contributed by atoms with E-state index in [4.69, 9.17) is 5.73 Å². The van der Waals surface area contributed by atoms with Gasteiger partial charge in [0.05, 0.1) is 5.69 Å². The van der Waals surface area contributed by atoms with Crippen molar-refractivity contribution in [3.05, 3.63) is 29.3 Å². The second kappa shape index (κ2) is 5.79. The number of rotatable bonds is 4. The van der Waals surface area contributed by atoms with Gasteiger partial charge in [-0.2, -0.15) is 0 Å². The number of likely N-dealkylation sites (tertiary alicyclic amines) is 1. The van der Waals surface area contributed by atoms with Crippen LogP contribution >= 0.6 is 12.2 Å². The minimum absolute atomic E-state index is 0.0568. The molecule has 1 unspecified atom stereocenters. The van der Waals surface area contributed by atoms with E-state index in [0.29, 0.717) is 12.5 Å². The van der Waals surface area contributed by atoms with Gasteiger partial charge in [0.25, 0.3) is 0 Å². The van der Waals surface area contributed by atoms with E-state index in [1.54, 1.807) is 0 Å². The fourth-order valence-corrected chi connectivity index (χ4v) is 2.48. The molecule has 19 heavy (non-hydrogen) atoms. The number of hydrogen-bond donors (Lipinski definition) is 2. The highest BCUT2D eigenvalue weighted by atomic mass is 32.1. The summed E-state index contributed by atoms with van der Waals surface area (Å²) >= 11 is 4.66. The first-order valence-corrected chi connectivity index (χ1v) is 6.60. The molecular formula is C13H17F2N3S. The highest BCUT2D eigenvalue weighted by molar-refractivity contribution is 7.80. The average Bonchev–Trinajstić information content (AvgIpc) is 2.76. The normalized spacial score (nSPS) is 19.6. The molecular weight excluding hydrogens is 268 g/mol. The molecule has 0 saturated carbocycles. The summed E-state index contributed by atoms with van der Waals surface area (Å²) in [7, 11) is 2.05. The SMILES string of the molecule is CN1CCC(CNc2ccc(C(N)=S)c(F)c2F)C1. The van der Waals surface area contributed by atoms with Crippen molar-refractivity contribution in [1.29, 1.82) is 0 Å². The lowest BCUT2D eigenvalue weighted by Crippen LogP contribution is -2.20. The Balaban J connectivity index is 2.05. The number of anilines is 1. The van der Waals surface area contributed by atoms with Gasteiger partial charge in [0.15, 0.2) is 11.6 Å². The van der Waals surface area contributed by atoms with Crippen molar-refractivity contribution in [1.82, 2.24) is 4.90 Å². The zero-order chi connectivity index (χ0) is 14.0. The zero-order valence-electron chi connectivity index (χ0n) is 10.7. The Morgan fingerprint density at radius 1 is 1.47 bits per heavy atom. The van der Waals surface area contributed by atoms with E-state index in [-0.39, 0.29) is 16.2 Å². The second-order valence-electron chi connectivity index (χ2n) is 4.95. The van der Waals surface area contributed by atoms with Crippen molar-refractivity contribution >= 4 is 22.9 Å². The van der Waals surface area contributed by atoms with E-state index in [2.05, 4.69) is 29.5 Å². The van der Waals surface area contributed by atoms with Crippen molar-refractivity contribution in [2.24, 2.45) is 11.7 Å². The molecule has 1 fully saturated rings. The number of thiocarbonyl (C=S) groups is 1. The van der Waals surface area contributed by atoms with Crippen molar-refractivity contribution in [2.45, 2.75) is 6.42 Å². The van der Waals surface area contributed by atoms with Gasteiger partial charge in [0, 0.05) is 18.7 Å². The van der Waals surface area contributed by atoms with Crippen LogP contribution in [0, 0.1) is 17.6 Å². The average molecular weight is 285 g/mol. The topological polar surface area (TPSA) is 41.3 Å². The van der Waals surface area contributed by atoms with E-state index in [1.807, 2.05) is 0 Å². The van der Waals surface area contributed by atoms with E-state index < -0.39 is 11.6 Å². The molecule has 0 bridgehead atoms. The molecule has 104 valence electrons. The first-order chi connectivity index (χ1) is 8.99. The van der Waals surface area contributed by atoms with Gasteiger partial charge in [-0.05, 0) is 38.1 Å². The second-order valence-corrected chi connectivity index (χ2v) is 5.39. The molecule has 6 heteroatoms. The fraction of sp³-hybridized carbons (Fsp3) is 0.462. The molecule has 1 aliphatic rings. The third-order valence-electron chi connectivity index (χ3n) is 3.42. The van der Waals surface area contributed by atoms with Crippen LogP contribution in [0.1, 0.15) is 12.0 Å². The Morgan fingerprint density at radius 3 is 2.79 bits per heavy atom. The highest BCUT2D eigenvalue weighted by Crippen LogP contribution is 2.22. The summed E-state index contributed by atoms with van der Waals surface area (Å²) in [6, 6.07) is 2.88. The number of benzene rings is 1. The Kier molecular flexibility index (Phi) is 4.31. The molecule has 3 nitrogen and oxygen atoms in total. The van der Waals surface area contributed by atoms with Crippen LogP contribution in [-0.2, 0) is 0 Å². The molecule has 0 radical (unpaired) electrons. The smallest absolute Gasteiger partial charge is 0.182 e. The van der Waals surface area contributed by atoms with Crippen LogP contribution in [0.5, 0.6) is 0 Å². The number of nitrogens with two attached hydrogens (primary N) is 1. The predicted octanol–water partition coefficient (Wildman–Crippen LogP) is 1.96. The largest absolute Gasteiger partial charge is 0.389 e.